The summed E-state index contributed by atoms with van der Waals surface area (Å²) in [5, 5.41) is 0. The number of carbonyl (C=O) groups is 3. The fraction of sp³-hybridized carbons (Fsp3) is 0.500. The van der Waals surface area contributed by atoms with Crippen LogP contribution in [0.25, 0.3) is 0 Å². The molecule has 90 valence electrons. The average molecular weight is 230 g/mol. The smallest absolute Gasteiger partial charge is 0.385 e. The van der Waals surface area contributed by atoms with E-state index in [9.17, 15) is 14.4 Å². The van der Waals surface area contributed by atoms with Crippen LogP contribution in [0.3, 0.4) is 0 Å². The van der Waals surface area contributed by atoms with Gasteiger partial charge in [-0.25, -0.2) is 19.4 Å². The summed E-state index contributed by atoms with van der Waals surface area (Å²) in [7, 11) is 0. The van der Waals surface area contributed by atoms with E-state index in [1.54, 1.807) is 6.92 Å². The molecule has 0 aliphatic rings. The highest BCUT2D eigenvalue weighted by atomic mass is 17.2. The van der Waals surface area contributed by atoms with Gasteiger partial charge < -0.3 is 4.74 Å². The lowest BCUT2D eigenvalue weighted by Gasteiger charge is -2.08. The average Bonchev–Trinajstić information content (AvgIpc) is 2.21. The molecule has 0 aliphatic carbocycles. The molecule has 0 atom stereocenters. The zero-order valence-electron chi connectivity index (χ0n) is 9.66. The third-order valence-electron chi connectivity index (χ3n) is 1.55. The Balaban J connectivity index is 4.62. The number of hydrogen-bond acceptors (Lipinski definition) is 6. The molecular weight excluding hydrogens is 216 g/mol. The number of carbonyl (C=O) groups excluding carboxylic acids is 3. The van der Waals surface area contributed by atoms with E-state index in [1.807, 2.05) is 0 Å². The molecule has 0 radical (unpaired) electrons. The van der Waals surface area contributed by atoms with Crippen molar-refractivity contribution in [3.8, 4) is 0 Å². The van der Waals surface area contributed by atoms with Crippen LogP contribution in [0, 0.1) is 0 Å². The molecule has 0 aromatic heterocycles. The summed E-state index contributed by atoms with van der Waals surface area (Å²) in [6.45, 7) is 5.44. The third-order valence-corrected chi connectivity index (χ3v) is 1.55. The molecule has 0 saturated heterocycles. The Kier molecular flexibility index (Phi) is 5.84. The van der Waals surface area contributed by atoms with Gasteiger partial charge in [0, 0.05) is 20.3 Å². The molecule has 16 heavy (non-hydrogen) atoms. The second kappa shape index (κ2) is 6.60. The monoisotopic (exact) mass is 230 g/mol. The number of ether oxygens (including phenoxy) is 1. The highest BCUT2D eigenvalue weighted by molar-refractivity contribution is 5.88. The van der Waals surface area contributed by atoms with E-state index in [4.69, 9.17) is 4.74 Å². The highest BCUT2D eigenvalue weighted by Gasteiger charge is 2.16. The minimum Gasteiger partial charge on any atom is -0.431 e. The Labute approximate surface area is 93.1 Å². The molecule has 0 fully saturated rings. The largest absolute Gasteiger partial charge is 0.431 e. The first-order valence-electron chi connectivity index (χ1n) is 4.66. The van der Waals surface area contributed by atoms with Crippen LogP contribution >= 0.6 is 0 Å². The van der Waals surface area contributed by atoms with Crippen molar-refractivity contribution >= 4 is 17.9 Å². The van der Waals surface area contributed by atoms with Crippen molar-refractivity contribution in [1.29, 1.82) is 0 Å². The van der Waals surface area contributed by atoms with Gasteiger partial charge in [-0.1, -0.05) is 6.92 Å². The van der Waals surface area contributed by atoms with Crippen molar-refractivity contribution in [2.45, 2.75) is 34.1 Å². The van der Waals surface area contributed by atoms with Gasteiger partial charge >= 0.3 is 17.9 Å². The Morgan fingerprint density at radius 2 is 1.50 bits per heavy atom. The molecule has 0 saturated carbocycles. The SMILES string of the molecule is CCC(OC(C)=O)=C(C)C(=O)OOC(C)=O. The number of esters is 1. The number of rotatable bonds is 3. The molecule has 0 aromatic rings. The van der Waals surface area contributed by atoms with Gasteiger partial charge in [0.15, 0.2) is 0 Å². The first-order chi connectivity index (χ1) is 7.38. The van der Waals surface area contributed by atoms with Gasteiger partial charge in [0.25, 0.3) is 0 Å². The minimum atomic E-state index is -0.867. The number of allylic oxidation sites excluding steroid dienone is 1. The molecule has 6 nitrogen and oxygen atoms in total. The Morgan fingerprint density at radius 3 is 1.88 bits per heavy atom. The molecule has 0 bridgehead atoms. The maximum atomic E-state index is 11.3. The molecule has 6 heteroatoms. The topological polar surface area (TPSA) is 78.9 Å². The van der Waals surface area contributed by atoms with Crippen LogP contribution in [0.1, 0.15) is 34.1 Å². The van der Waals surface area contributed by atoms with Crippen LogP contribution in [-0.2, 0) is 28.9 Å². The zero-order valence-corrected chi connectivity index (χ0v) is 9.66. The number of hydrogen-bond donors (Lipinski definition) is 0. The van der Waals surface area contributed by atoms with Gasteiger partial charge in [0.05, 0.1) is 5.57 Å². The van der Waals surface area contributed by atoms with Crippen LogP contribution in [0.15, 0.2) is 11.3 Å². The molecule has 0 rings (SSSR count). The van der Waals surface area contributed by atoms with Gasteiger partial charge in [0.1, 0.15) is 5.76 Å². The Hall–Kier alpha value is -1.85. The van der Waals surface area contributed by atoms with Crippen molar-refractivity contribution in [2.75, 3.05) is 0 Å². The van der Waals surface area contributed by atoms with E-state index >= 15 is 0 Å². The molecule has 0 unspecified atom stereocenters. The highest BCUT2D eigenvalue weighted by Crippen LogP contribution is 2.12. The van der Waals surface area contributed by atoms with Crippen LogP contribution in [0.2, 0.25) is 0 Å². The Morgan fingerprint density at radius 1 is 0.938 bits per heavy atom. The van der Waals surface area contributed by atoms with E-state index < -0.39 is 17.9 Å². The lowest BCUT2D eigenvalue weighted by atomic mass is 10.2. The summed E-state index contributed by atoms with van der Waals surface area (Å²) in [6.07, 6.45) is 0.348. The zero-order chi connectivity index (χ0) is 12.7. The van der Waals surface area contributed by atoms with E-state index in [0.29, 0.717) is 6.42 Å². The third kappa shape index (κ3) is 5.14. The van der Waals surface area contributed by atoms with Crippen LogP contribution in [0.5, 0.6) is 0 Å². The van der Waals surface area contributed by atoms with Crippen LogP contribution in [-0.4, -0.2) is 17.9 Å². The van der Waals surface area contributed by atoms with Crippen molar-refractivity contribution in [2.24, 2.45) is 0 Å². The second-order valence-electron chi connectivity index (χ2n) is 2.94. The van der Waals surface area contributed by atoms with E-state index in [1.165, 1.54) is 13.8 Å². The second-order valence-corrected chi connectivity index (χ2v) is 2.94. The lowest BCUT2D eigenvalue weighted by molar-refractivity contribution is -0.254. The maximum absolute atomic E-state index is 11.3. The summed E-state index contributed by atoms with van der Waals surface area (Å²) in [5.74, 6) is -1.96. The summed E-state index contributed by atoms with van der Waals surface area (Å²) in [5.41, 5.74) is 0.0824. The summed E-state index contributed by atoms with van der Waals surface area (Å²) >= 11 is 0. The summed E-state index contributed by atoms with van der Waals surface area (Å²) in [6, 6.07) is 0. The molecule has 0 N–H and O–H groups in total. The van der Waals surface area contributed by atoms with Crippen molar-refractivity contribution in [3.63, 3.8) is 0 Å². The van der Waals surface area contributed by atoms with E-state index in [2.05, 4.69) is 9.78 Å². The van der Waals surface area contributed by atoms with Crippen molar-refractivity contribution in [3.05, 3.63) is 11.3 Å². The summed E-state index contributed by atoms with van der Waals surface area (Å²) in [4.78, 5) is 40.6. The van der Waals surface area contributed by atoms with Gasteiger partial charge in [-0.05, 0) is 6.92 Å². The minimum absolute atomic E-state index is 0.0824. The molecule has 0 spiro atoms. The Bertz CT molecular complexity index is 328. The van der Waals surface area contributed by atoms with Crippen molar-refractivity contribution < 1.29 is 28.9 Å². The van der Waals surface area contributed by atoms with Crippen LogP contribution < -0.4 is 0 Å². The summed E-state index contributed by atoms with van der Waals surface area (Å²) < 4.78 is 4.79. The lowest BCUT2D eigenvalue weighted by Crippen LogP contribution is -2.13. The quantitative estimate of drug-likeness (QED) is 0.239. The first-order valence-corrected chi connectivity index (χ1v) is 4.66. The molecular formula is C10H14O6. The fourth-order valence-corrected chi connectivity index (χ4v) is 0.860. The predicted molar refractivity (Wildman–Crippen MR) is 52.6 cm³/mol. The van der Waals surface area contributed by atoms with Gasteiger partial charge in [-0.2, -0.15) is 0 Å². The van der Waals surface area contributed by atoms with Crippen LogP contribution in [0.4, 0.5) is 0 Å². The normalized spacial score (nSPS) is 11.2. The standard InChI is InChI=1S/C10H14O6/c1-5-9(14-7(3)11)6(2)10(13)16-15-8(4)12/h5H2,1-4H3. The molecule has 0 aliphatic heterocycles. The van der Waals surface area contributed by atoms with E-state index in [-0.39, 0.29) is 11.3 Å². The molecule has 0 aromatic carbocycles. The fourth-order valence-electron chi connectivity index (χ4n) is 0.860. The van der Waals surface area contributed by atoms with Gasteiger partial charge in [-0.15, -0.1) is 0 Å². The van der Waals surface area contributed by atoms with Crippen molar-refractivity contribution in [1.82, 2.24) is 0 Å². The first kappa shape index (κ1) is 14.2. The maximum Gasteiger partial charge on any atom is 0.385 e. The predicted octanol–water partition coefficient (Wildman–Crippen LogP) is 1.25. The molecule has 0 amide bonds. The molecule has 0 heterocycles. The van der Waals surface area contributed by atoms with Gasteiger partial charge in [0.2, 0.25) is 0 Å². The van der Waals surface area contributed by atoms with E-state index in [0.717, 1.165) is 6.92 Å². The van der Waals surface area contributed by atoms with Gasteiger partial charge in [-0.3, -0.25) is 4.79 Å².